The second-order valence-corrected chi connectivity index (χ2v) is 7.21. The Morgan fingerprint density at radius 1 is 1.23 bits per heavy atom. The molecule has 2 aromatic heterocycles. The van der Waals surface area contributed by atoms with Crippen molar-refractivity contribution in [3.63, 3.8) is 0 Å². The average Bonchev–Trinajstić information content (AvgIpc) is 2.82. The first-order valence-electron chi connectivity index (χ1n) is 10.0. The third-order valence-corrected chi connectivity index (χ3v) is 5.07. The van der Waals surface area contributed by atoms with E-state index in [4.69, 9.17) is 9.90 Å². The molecule has 0 spiro atoms. The van der Waals surface area contributed by atoms with Gasteiger partial charge in [-0.15, -0.1) is 0 Å². The molecule has 1 amide bonds. The number of H-pyrrole nitrogens is 1. The topological polar surface area (TPSA) is 124 Å². The van der Waals surface area contributed by atoms with Crippen LogP contribution < -0.4 is 5.56 Å². The second-order valence-electron chi connectivity index (χ2n) is 7.21. The van der Waals surface area contributed by atoms with Crippen molar-refractivity contribution in [2.45, 2.75) is 47.2 Å². The Bertz CT molecular complexity index is 936. The van der Waals surface area contributed by atoms with Gasteiger partial charge in [0.25, 0.3) is 17.9 Å². The molecular weight excluding hydrogens is 388 g/mol. The van der Waals surface area contributed by atoms with Crippen molar-refractivity contribution in [1.82, 2.24) is 29.5 Å². The van der Waals surface area contributed by atoms with Gasteiger partial charge in [0, 0.05) is 51.0 Å². The van der Waals surface area contributed by atoms with E-state index >= 15 is 0 Å². The Hall–Kier alpha value is -3.01. The van der Waals surface area contributed by atoms with Gasteiger partial charge in [0.15, 0.2) is 0 Å². The van der Waals surface area contributed by atoms with E-state index in [0.717, 1.165) is 55.2 Å². The number of carboxylic acid groups (broad SMARTS) is 1. The van der Waals surface area contributed by atoms with Gasteiger partial charge in [-0.25, -0.2) is 4.98 Å². The maximum absolute atomic E-state index is 13.1. The van der Waals surface area contributed by atoms with Crippen LogP contribution >= 0.6 is 0 Å². The second kappa shape index (κ2) is 10.7. The molecule has 0 unspecified atom stereocenters. The van der Waals surface area contributed by atoms with Crippen molar-refractivity contribution < 1.29 is 14.7 Å². The Labute approximate surface area is 175 Å². The minimum absolute atomic E-state index is 0.0664. The molecule has 3 rings (SSSR count). The van der Waals surface area contributed by atoms with E-state index in [1.54, 1.807) is 13.0 Å². The smallest absolute Gasteiger partial charge is 0.290 e. The summed E-state index contributed by atoms with van der Waals surface area (Å²) in [4.78, 5) is 44.3. The summed E-state index contributed by atoms with van der Waals surface area (Å²) >= 11 is 0. The highest BCUT2D eigenvalue weighted by molar-refractivity contribution is 5.96. The minimum atomic E-state index is -0.250. The number of aromatic amines is 1. The zero-order valence-electron chi connectivity index (χ0n) is 18.0. The molecule has 1 saturated heterocycles. The molecule has 1 aliphatic heterocycles. The van der Waals surface area contributed by atoms with E-state index in [0.29, 0.717) is 18.9 Å². The zero-order valence-corrected chi connectivity index (χ0v) is 18.0. The maximum atomic E-state index is 13.1. The van der Waals surface area contributed by atoms with Crippen LogP contribution in [-0.2, 0) is 17.9 Å². The highest BCUT2D eigenvalue weighted by atomic mass is 16.3. The van der Waals surface area contributed by atoms with Crippen LogP contribution in [0, 0.1) is 20.8 Å². The number of amides is 1. The summed E-state index contributed by atoms with van der Waals surface area (Å²) in [5.41, 5.74) is 3.11. The molecule has 30 heavy (non-hydrogen) atoms. The van der Waals surface area contributed by atoms with E-state index < -0.39 is 0 Å². The van der Waals surface area contributed by atoms with Crippen molar-refractivity contribution in [2.24, 2.45) is 0 Å². The van der Waals surface area contributed by atoms with Crippen molar-refractivity contribution in [1.29, 1.82) is 0 Å². The number of rotatable bonds is 4. The SMILES string of the molecule is CCn1nc(C)c(C(=O)N2CCCN(Cc3cc(=O)[nH]c(C)n3)CC2)c1C.O=CO. The lowest BCUT2D eigenvalue weighted by Gasteiger charge is -2.22. The van der Waals surface area contributed by atoms with Crippen LogP contribution in [0.15, 0.2) is 10.9 Å². The fourth-order valence-electron chi connectivity index (χ4n) is 3.76. The van der Waals surface area contributed by atoms with Crippen LogP contribution in [0.25, 0.3) is 0 Å². The summed E-state index contributed by atoms with van der Waals surface area (Å²) in [5.74, 6) is 0.694. The van der Waals surface area contributed by atoms with Gasteiger partial charge in [0.1, 0.15) is 5.82 Å². The van der Waals surface area contributed by atoms with E-state index in [2.05, 4.69) is 20.0 Å². The van der Waals surface area contributed by atoms with Crippen molar-refractivity contribution in [3.8, 4) is 0 Å². The third-order valence-electron chi connectivity index (χ3n) is 5.07. The van der Waals surface area contributed by atoms with Crippen LogP contribution in [0.1, 0.15) is 46.6 Å². The normalized spacial score (nSPS) is 14.6. The lowest BCUT2D eigenvalue weighted by molar-refractivity contribution is -0.122. The Kier molecular flexibility index (Phi) is 8.28. The summed E-state index contributed by atoms with van der Waals surface area (Å²) in [7, 11) is 0. The minimum Gasteiger partial charge on any atom is -0.483 e. The van der Waals surface area contributed by atoms with E-state index in [1.807, 2.05) is 30.4 Å². The standard InChI is InChI=1S/C19H28N6O2.CH2O2/c1-5-25-14(3)18(13(2)22-25)19(27)24-8-6-7-23(9-10-24)12-16-11-17(26)21-15(4)20-16;2-1-3/h11H,5-10,12H2,1-4H3,(H,20,21,26);1H,(H,2,3). The highest BCUT2D eigenvalue weighted by Crippen LogP contribution is 2.17. The Morgan fingerprint density at radius 2 is 1.93 bits per heavy atom. The van der Waals surface area contributed by atoms with Crippen LogP contribution in [0.3, 0.4) is 0 Å². The molecule has 0 bridgehead atoms. The van der Waals surface area contributed by atoms with E-state index in [1.165, 1.54) is 0 Å². The lowest BCUT2D eigenvalue weighted by atomic mass is 10.1. The van der Waals surface area contributed by atoms with Crippen molar-refractivity contribution in [3.05, 3.63) is 44.9 Å². The Morgan fingerprint density at radius 3 is 2.53 bits per heavy atom. The van der Waals surface area contributed by atoms with E-state index in [9.17, 15) is 9.59 Å². The monoisotopic (exact) mass is 418 g/mol. The first kappa shape index (κ1) is 23.3. The average molecular weight is 418 g/mol. The molecule has 0 radical (unpaired) electrons. The quantitative estimate of drug-likeness (QED) is 0.709. The third kappa shape index (κ3) is 5.76. The predicted molar refractivity (Wildman–Crippen MR) is 111 cm³/mol. The molecule has 1 aliphatic rings. The molecule has 0 saturated carbocycles. The molecule has 164 valence electrons. The lowest BCUT2D eigenvalue weighted by Crippen LogP contribution is -2.35. The zero-order chi connectivity index (χ0) is 22.3. The van der Waals surface area contributed by atoms with Gasteiger partial charge in [0.2, 0.25) is 0 Å². The first-order valence-corrected chi connectivity index (χ1v) is 10.0. The predicted octanol–water partition coefficient (Wildman–Crippen LogP) is 0.960. The molecule has 1 fully saturated rings. The molecular formula is C20H30N6O4. The first-order chi connectivity index (χ1) is 14.3. The van der Waals surface area contributed by atoms with Crippen LogP contribution in [0.2, 0.25) is 0 Å². The number of hydrogen-bond donors (Lipinski definition) is 2. The number of aryl methyl sites for hydroxylation is 3. The summed E-state index contributed by atoms with van der Waals surface area (Å²) in [6.07, 6.45) is 0.897. The Balaban J connectivity index is 0.00000101. The number of carbonyl (C=O) groups excluding carboxylic acids is 1. The summed E-state index contributed by atoms with van der Waals surface area (Å²) in [5, 5.41) is 11.4. The number of carbonyl (C=O) groups is 2. The van der Waals surface area contributed by atoms with Crippen molar-refractivity contribution in [2.75, 3.05) is 26.2 Å². The molecule has 10 nitrogen and oxygen atoms in total. The highest BCUT2D eigenvalue weighted by Gasteiger charge is 2.25. The van der Waals surface area contributed by atoms with Gasteiger partial charge in [-0.3, -0.25) is 24.0 Å². The number of nitrogens with zero attached hydrogens (tertiary/aromatic N) is 5. The largest absolute Gasteiger partial charge is 0.483 e. The maximum Gasteiger partial charge on any atom is 0.290 e. The molecule has 3 heterocycles. The van der Waals surface area contributed by atoms with Gasteiger partial charge in [-0.1, -0.05) is 0 Å². The molecule has 2 N–H and O–H groups in total. The van der Waals surface area contributed by atoms with Crippen LogP contribution in [0.5, 0.6) is 0 Å². The molecule has 10 heteroatoms. The summed E-state index contributed by atoms with van der Waals surface area (Å²) < 4.78 is 1.88. The molecule has 0 aromatic carbocycles. The molecule has 0 atom stereocenters. The molecule has 2 aromatic rings. The van der Waals surface area contributed by atoms with Crippen LogP contribution in [0.4, 0.5) is 0 Å². The number of hydrogen-bond acceptors (Lipinski definition) is 6. The van der Waals surface area contributed by atoms with Gasteiger partial charge in [-0.2, -0.15) is 5.10 Å². The summed E-state index contributed by atoms with van der Waals surface area (Å²) in [6, 6.07) is 1.55. The van der Waals surface area contributed by atoms with E-state index in [-0.39, 0.29) is 17.9 Å². The summed E-state index contributed by atoms with van der Waals surface area (Å²) in [6.45, 7) is 11.8. The van der Waals surface area contributed by atoms with Gasteiger partial charge in [-0.05, 0) is 34.1 Å². The van der Waals surface area contributed by atoms with Crippen molar-refractivity contribution >= 4 is 12.4 Å². The number of aromatic nitrogens is 4. The number of nitrogens with one attached hydrogen (secondary N) is 1. The van der Waals surface area contributed by atoms with Gasteiger partial charge < -0.3 is 15.0 Å². The van der Waals surface area contributed by atoms with Gasteiger partial charge >= 0.3 is 0 Å². The fraction of sp³-hybridized carbons (Fsp3) is 0.550. The van der Waals surface area contributed by atoms with Gasteiger partial charge in [0.05, 0.1) is 17.0 Å². The van der Waals surface area contributed by atoms with Crippen LogP contribution in [-0.4, -0.2) is 73.2 Å². The molecule has 0 aliphatic carbocycles. The fourth-order valence-corrected chi connectivity index (χ4v) is 3.76.